The van der Waals surface area contributed by atoms with Crippen LogP contribution in [0.25, 0.3) is 0 Å². The third-order valence-electron chi connectivity index (χ3n) is 3.42. The number of furan rings is 1. The zero-order valence-electron chi connectivity index (χ0n) is 12.4. The van der Waals surface area contributed by atoms with Gasteiger partial charge < -0.3 is 14.2 Å². The smallest absolute Gasteiger partial charge is 0.400 e. The van der Waals surface area contributed by atoms with E-state index in [0.717, 1.165) is 26.2 Å². The van der Waals surface area contributed by atoms with Crippen LogP contribution < -0.4 is 5.43 Å². The standard InChI is InChI=1S/C13H19N5O4/c1-16-6-8-17(9-7-16)5-4-12(19)15-14-10-11-2-3-13(22-11)18(20)21/h2-3,10H,4-9H2,1H3,(H,15,19). The van der Waals surface area contributed by atoms with Crippen molar-refractivity contribution in [3.63, 3.8) is 0 Å². The number of nitrogens with one attached hydrogen (secondary N) is 1. The molecular weight excluding hydrogens is 290 g/mol. The lowest BCUT2D eigenvalue weighted by Crippen LogP contribution is -2.45. The quantitative estimate of drug-likeness (QED) is 0.459. The van der Waals surface area contributed by atoms with Gasteiger partial charge in [0.05, 0.1) is 12.3 Å². The van der Waals surface area contributed by atoms with Crippen LogP contribution in [0.15, 0.2) is 21.7 Å². The largest absolute Gasteiger partial charge is 0.433 e. The maximum absolute atomic E-state index is 11.7. The number of carbonyl (C=O) groups excluding carboxylic acids is 1. The number of hydrazone groups is 1. The predicted molar refractivity (Wildman–Crippen MR) is 79.7 cm³/mol. The number of amides is 1. The second-order valence-electron chi connectivity index (χ2n) is 5.12. The van der Waals surface area contributed by atoms with Crippen molar-refractivity contribution in [2.45, 2.75) is 6.42 Å². The molecule has 1 saturated heterocycles. The van der Waals surface area contributed by atoms with Gasteiger partial charge in [0.1, 0.15) is 4.92 Å². The second kappa shape index (κ2) is 7.66. The van der Waals surface area contributed by atoms with Crippen molar-refractivity contribution < 1.29 is 14.1 Å². The lowest BCUT2D eigenvalue weighted by Gasteiger charge is -2.32. The van der Waals surface area contributed by atoms with Crippen LogP contribution in [0.4, 0.5) is 5.88 Å². The Morgan fingerprint density at radius 3 is 2.82 bits per heavy atom. The van der Waals surface area contributed by atoms with Crippen LogP contribution in [-0.2, 0) is 4.79 Å². The molecule has 0 atom stereocenters. The van der Waals surface area contributed by atoms with Crippen molar-refractivity contribution in [3.8, 4) is 0 Å². The lowest BCUT2D eigenvalue weighted by atomic mass is 10.3. The Labute approximate surface area is 127 Å². The van der Waals surface area contributed by atoms with Crippen LogP contribution >= 0.6 is 0 Å². The van der Waals surface area contributed by atoms with Gasteiger partial charge in [-0.2, -0.15) is 5.10 Å². The molecule has 0 bridgehead atoms. The molecule has 1 aliphatic rings. The van der Waals surface area contributed by atoms with Crippen LogP contribution in [0.2, 0.25) is 0 Å². The summed E-state index contributed by atoms with van der Waals surface area (Å²) in [5, 5.41) is 14.2. The molecule has 1 aliphatic heterocycles. The number of piperazine rings is 1. The van der Waals surface area contributed by atoms with Gasteiger partial charge >= 0.3 is 5.88 Å². The van der Waals surface area contributed by atoms with E-state index in [-0.39, 0.29) is 17.6 Å². The maximum atomic E-state index is 11.7. The van der Waals surface area contributed by atoms with E-state index in [1.165, 1.54) is 18.3 Å². The molecule has 9 nitrogen and oxygen atoms in total. The van der Waals surface area contributed by atoms with E-state index in [4.69, 9.17) is 4.42 Å². The average Bonchev–Trinajstić information content (AvgIpc) is 2.96. The molecule has 0 aromatic carbocycles. The normalized spacial score (nSPS) is 17.0. The Bertz CT molecular complexity index is 548. The first-order valence-corrected chi connectivity index (χ1v) is 7.01. The monoisotopic (exact) mass is 309 g/mol. The van der Waals surface area contributed by atoms with E-state index < -0.39 is 4.92 Å². The highest BCUT2D eigenvalue weighted by atomic mass is 16.6. The highest BCUT2D eigenvalue weighted by molar-refractivity contribution is 5.80. The van der Waals surface area contributed by atoms with E-state index in [0.29, 0.717) is 13.0 Å². The van der Waals surface area contributed by atoms with E-state index in [9.17, 15) is 14.9 Å². The van der Waals surface area contributed by atoms with Crippen molar-refractivity contribution in [1.82, 2.24) is 15.2 Å². The Morgan fingerprint density at radius 2 is 2.18 bits per heavy atom. The zero-order valence-corrected chi connectivity index (χ0v) is 12.4. The van der Waals surface area contributed by atoms with Gasteiger partial charge in [-0.25, -0.2) is 5.43 Å². The van der Waals surface area contributed by atoms with Crippen LogP contribution in [0.5, 0.6) is 0 Å². The first-order chi connectivity index (χ1) is 10.5. The first-order valence-electron chi connectivity index (χ1n) is 7.01. The van der Waals surface area contributed by atoms with Crippen LogP contribution in [0.1, 0.15) is 12.2 Å². The second-order valence-corrected chi connectivity index (χ2v) is 5.12. The van der Waals surface area contributed by atoms with Crippen LogP contribution in [0, 0.1) is 10.1 Å². The molecule has 1 fully saturated rings. The maximum Gasteiger partial charge on any atom is 0.433 e. The summed E-state index contributed by atoms with van der Waals surface area (Å²) in [7, 11) is 2.08. The molecule has 120 valence electrons. The summed E-state index contributed by atoms with van der Waals surface area (Å²) in [5.74, 6) is -0.342. The van der Waals surface area contributed by atoms with Crippen molar-refractivity contribution in [3.05, 3.63) is 28.0 Å². The molecule has 0 radical (unpaired) electrons. The van der Waals surface area contributed by atoms with Gasteiger partial charge in [-0.15, -0.1) is 0 Å². The minimum Gasteiger partial charge on any atom is -0.400 e. The van der Waals surface area contributed by atoms with E-state index in [2.05, 4.69) is 27.4 Å². The number of nitro groups is 1. The summed E-state index contributed by atoms with van der Waals surface area (Å²) in [5.41, 5.74) is 2.38. The number of likely N-dealkylation sites (N-methyl/N-ethyl adjacent to an activating group) is 1. The third kappa shape index (κ3) is 4.93. The lowest BCUT2D eigenvalue weighted by molar-refractivity contribution is -0.402. The molecule has 0 spiro atoms. The first kappa shape index (κ1) is 16.1. The number of hydrogen-bond donors (Lipinski definition) is 1. The van der Waals surface area contributed by atoms with Gasteiger partial charge in [0.25, 0.3) is 0 Å². The predicted octanol–water partition coefficient (Wildman–Crippen LogP) is 0.275. The van der Waals surface area contributed by atoms with Gasteiger partial charge in [0.15, 0.2) is 5.76 Å². The highest BCUT2D eigenvalue weighted by Gasteiger charge is 2.14. The van der Waals surface area contributed by atoms with Crippen molar-refractivity contribution in [2.75, 3.05) is 39.8 Å². The van der Waals surface area contributed by atoms with Gasteiger partial charge in [-0.1, -0.05) is 0 Å². The summed E-state index contributed by atoms with van der Waals surface area (Å²) in [4.78, 5) is 26.0. The summed E-state index contributed by atoms with van der Waals surface area (Å²) in [6, 6.07) is 2.65. The number of rotatable bonds is 6. The molecule has 0 aliphatic carbocycles. The highest BCUT2D eigenvalue weighted by Crippen LogP contribution is 2.13. The molecule has 0 unspecified atom stereocenters. The average molecular weight is 309 g/mol. The SMILES string of the molecule is CN1CCN(CCC(=O)NN=Cc2ccc([N+](=O)[O-])o2)CC1. The van der Waals surface area contributed by atoms with Gasteiger partial charge in [0.2, 0.25) is 5.91 Å². The molecular formula is C13H19N5O4. The van der Waals surface area contributed by atoms with E-state index >= 15 is 0 Å². The number of nitrogens with zero attached hydrogens (tertiary/aromatic N) is 4. The fourth-order valence-electron chi connectivity index (χ4n) is 2.06. The van der Waals surface area contributed by atoms with Gasteiger partial charge in [-0.3, -0.25) is 14.9 Å². The fourth-order valence-corrected chi connectivity index (χ4v) is 2.06. The Balaban J connectivity index is 1.68. The summed E-state index contributed by atoms with van der Waals surface area (Å²) >= 11 is 0. The molecule has 0 saturated carbocycles. The molecule has 1 aromatic rings. The van der Waals surface area contributed by atoms with Gasteiger partial charge in [-0.05, 0) is 13.1 Å². The van der Waals surface area contributed by atoms with Crippen molar-refractivity contribution in [1.29, 1.82) is 0 Å². The molecule has 1 amide bonds. The Kier molecular flexibility index (Phi) is 5.61. The van der Waals surface area contributed by atoms with Crippen molar-refractivity contribution >= 4 is 18.0 Å². The minimum absolute atomic E-state index is 0.198. The van der Waals surface area contributed by atoms with E-state index in [1.807, 2.05) is 0 Å². The summed E-state index contributed by atoms with van der Waals surface area (Å²) in [6.45, 7) is 4.64. The Hall–Kier alpha value is -2.26. The van der Waals surface area contributed by atoms with E-state index in [1.54, 1.807) is 0 Å². The van der Waals surface area contributed by atoms with Gasteiger partial charge in [0, 0.05) is 39.1 Å². The molecule has 1 aromatic heterocycles. The Morgan fingerprint density at radius 1 is 1.45 bits per heavy atom. The van der Waals surface area contributed by atoms with Crippen LogP contribution in [0.3, 0.4) is 0 Å². The fraction of sp³-hybridized carbons (Fsp3) is 0.538. The van der Waals surface area contributed by atoms with Crippen molar-refractivity contribution in [2.24, 2.45) is 5.10 Å². The molecule has 2 rings (SSSR count). The number of carbonyl (C=O) groups is 1. The molecule has 1 N–H and O–H groups in total. The molecule has 2 heterocycles. The minimum atomic E-state index is -0.633. The summed E-state index contributed by atoms with van der Waals surface area (Å²) in [6.07, 6.45) is 1.60. The third-order valence-corrected chi connectivity index (χ3v) is 3.42. The summed E-state index contributed by atoms with van der Waals surface area (Å²) < 4.78 is 4.88. The van der Waals surface area contributed by atoms with Crippen LogP contribution in [-0.4, -0.2) is 66.6 Å². The number of hydrogen-bond acceptors (Lipinski definition) is 7. The topological polar surface area (TPSA) is 104 Å². The molecule has 22 heavy (non-hydrogen) atoms. The molecule has 9 heteroatoms. The zero-order chi connectivity index (χ0) is 15.9.